The number of thiophene rings is 1. The molecule has 0 amide bonds. The Balaban J connectivity index is 1.87. The van der Waals surface area contributed by atoms with Crippen molar-refractivity contribution in [2.75, 3.05) is 5.75 Å². The Labute approximate surface area is 113 Å². The number of aromatic nitrogens is 2. The van der Waals surface area contributed by atoms with Crippen molar-refractivity contribution >= 4 is 23.1 Å². The van der Waals surface area contributed by atoms with Crippen molar-refractivity contribution in [2.24, 2.45) is 0 Å². The van der Waals surface area contributed by atoms with E-state index in [2.05, 4.69) is 16.2 Å². The molecule has 0 bridgehead atoms. The molecular weight excluding hydrogens is 266 g/mol. The van der Waals surface area contributed by atoms with Crippen LogP contribution < -0.4 is 0 Å². The van der Waals surface area contributed by atoms with Crippen LogP contribution >= 0.6 is 23.1 Å². The van der Waals surface area contributed by atoms with Gasteiger partial charge < -0.3 is 4.52 Å². The first-order chi connectivity index (χ1) is 8.88. The first kappa shape index (κ1) is 11.8. The van der Waals surface area contributed by atoms with E-state index in [-0.39, 0.29) is 0 Å². The minimum absolute atomic E-state index is 0.349. The minimum Gasteiger partial charge on any atom is -0.333 e. The Morgan fingerprint density at radius 2 is 2.39 bits per heavy atom. The molecule has 4 nitrogen and oxygen atoms in total. The molecule has 1 fully saturated rings. The zero-order valence-electron chi connectivity index (χ0n) is 9.63. The van der Waals surface area contributed by atoms with E-state index in [9.17, 15) is 0 Å². The summed E-state index contributed by atoms with van der Waals surface area (Å²) in [7, 11) is 0. The van der Waals surface area contributed by atoms with E-state index in [0.29, 0.717) is 16.7 Å². The van der Waals surface area contributed by atoms with Gasteiger partial charge in [-0.05, 0) is 30.0 Å². The highest BCUT2D eigenvalue weighted by atomic mass is 32.2. The molecule has 3 heterocycles. The maximum absolute atomic E-state index is 8.99. The van der Waals surface area contributed by atoms with Crippen LogP contribution in [-0.4, -0.2) is 15.9 Å². The molecule has 0 aliphatic carbocycles. The zero-order valence-corrected chi connectivity index (χ0v) is 11.3. The second-order valence-electron chi connectivity index (χ2n) is 4.09. The summed E-state index contributed by atoms with van der Waals surface area (Å²) in [6.07, 6.45) is 3.61. The Morgan fingerprint density at radius 3 is 3.17 bits per heavy atom. The summed E-state index contributed by atoms with van der Waals surface area (Å²) in [4.78, 5) is 5.22. The van der Waals surface area contributed by atoms with Gasteiger partial charge in [-0.3, -0.25) is 0 Å². The zero-order chi connectivity index (χ0) is 12.4. The number of rotatable bonds is 2. The summed E-state index contributed by atoms with van der Waals surface area (Å²) in [5.41, 5.74) is 0.603. The second kappa shape index (κ2) is 5.12. The van der Waals surface area contributed by atoms with E-state index in [4.69, 9.17) is 9.78 Å². The third-order valence-corrected chi connectivity index (χ3v) is 5.16. The normalized spacial score (nSPS) is 19.6. The summed E-state index contributed by atoms with van der Waals surface area (Å²) in [6, 6.07) is 3.92. The SMILES string of the molecule is N#Cc1ccsc1-c1nc(C2CCCCS2)no1. The molecule has 2 aromatic heterocycles. The van der Waals surface area contributed by atoms with Crippen LogP contribution in [0.25, 0.3) is 10.8 Å². The van der Waals surface area contributed by atoms with Gasteiger partial charge in [0.25, 0.3) is 5.89 Å². The molecule has 92 valence electrons. The molecule has 1 atom stereocenters. The van der Waals surface area contributed by atoms with Gasteiger partial charge in [0.1, 0.15) is 10.9 Å². The van der Waals surface area contributed by atoms with E-state index in [1.54, 1.807) is 6.07 Å². The van der Waals surface area contributed by atoms with Gasteiger partial charge in [0, 0.05) is 0 Å². The van der Waals surface area contributed by atoms with Crippen molar-refractivity contribution in [3.8, 4) is 16.8 Å². The standard InChI is InChI=1S/C12H11N3OS2/c13-7-8-4-6-18-10(8)12-14-11(15-16-12)9-3-1-2-5-17-9/h4,6,9H,1-3,5H2. The molecule has 1 saturated heterocycles. The Morgan fingerprint density at radius 1 is 1.44 bits per heavy atom. The lowest BCUT2D eigenvalue weighted by atomic mass is 10.2. The first-order valence-electron chi connectivity index (χ1n) is 5.81. The van der Waals surface area contributed by atoms with E-state index in [0.717, 1.165) is 22.9 Å². The molecule has 0 N–H and O–H groups in total. The number of nitrogens with zero attached hydrogens (tertiary/aromatic N) is 3. The van der Waals surface area contributed by atoms with Gasteiger partial charge in [0.05, 0.1) is 10.8 Å². The van der Waals surface area contributed by atoms with E-state index >= 15 is 0 Å². The minimum atomic E-state index is 0.349. The monoisotopic (exact) mass is 277 g/mol. The topological polar surface area (TPSA) is 62.7 Å². The lowest BCUT2D eigenvalue weighted by molar-refractivity contribution is 0.421. The van der Waals surface area contributed by atoms with Crippen LogP contribution in [0.5, 0.6) is 0 Å². The molecule has 2 aromatic rings. The van der Waals surface area contributed by atoms with E-state index in [1.807, 2.05) is 17.1 Å². The first-order valence-corrected chi connectivity index (χ1v) is 7.74. The Kier molecular flexibility index (Phi) is 3.35. The van der Waals surface area contributed by atoms with Crippen LogP contribution in [-0.2, 0) is 0 Å². The van der Waals surface area contributed by atoms with Gasteiger partial charge in [0.2, 0.25) is 0 Å². The molecule has 0 aromatic carbocycles. The van der Waals surface area contributed by atoms with Gasteiger partial charge >= 0.3 is 0 Å². The summed E-state index contributed by atoms with van der Waals surface area (Å²) in [6.45, 7) is 0. The maximum Gasteiger partial charge on any atom is 0.269 e. The molecule has 1 aliphatic rings. The second-order valence-corrected chi connectivity index (χ2v) is 6.31. The smallest absolute Gasteiger partial charge is 0.269 e. The quantitative estimate of drug-likeness (QED) is 0.838. The van der Waals surface area contributed by atoms with Crippen LogP contribution in [0.3, 0.4) is 0 Å². The molecule has 1 aliphatic heterocycles. The maximum atomic E-state index is 8.99. The van der Waals surface area contributed by atoms with Crippen LogP contribution in [0.1, 0.15) is 35.9 Å². The van der Waals surface area contributed by atoms with Gasteiger partial charge in [-0.15, -0.1) is 11.3 Å². The number of hydrogen-bond donors (Lipinski definition) is 0. The van der Waals surface area contributed by atoms with Crippen molar-refractivity contribution in [1.29, 1.82) is 5.26 Å². The summed E-state index contributed by atoms with van der Waals surface area (Å²) in [5, 5.41) is 15.3. The Hall–Kier alpha value is -1.32. The summed E-state index contributed by atoms with van der Waals surface area (Å²) >= 11 is 3.35. The highest BCUT2D eigenvalue weighted by molar-refractivity contribution is 7.99. The third-order valence-electron chi connectivity index (χ3n) is 2.89. The number of thioether (sulfide) groups is 1. The fourth-order valence-corrected chi connectivity index (χ4v) is 3.96. The van der Waals surface area contributed by atoms with E-state index < -0.39 is 0 Å². The molecule has 3 rings (SSSR count). The summed E-state index contributed by atoms with van der Waals surface area (Å²) in [5.74, 6) is 2.41. The fourth-order valence-electron chi connectivity index (χ4n) is 1.97. The highest BCUT2D eigenvalue weighted by Gasteiger charge is 2.23. The van der Waals surface area contributed by atoms with Gasteiger partial charge in [-0.1, -0.05) is 11.6 Å². The van der Waals surface area contributed by atoms with Crippen molar-refractivity contribution in [3.05, 3.63) is 22.8 Å². The molecular formula is C12H11N3OS2. The van der Waals surface area contributed by atoms with Crippen LogP contribution in [0.2, 0.25) is 0 Å². The van der Waals surface area contributed by atoms with Crippen LogP contribution in [0, 0.1) is 11.3 Å². The van der Waals surface area contributed by atoms with Gasteiger partial charge in [-0.2, -0.15) is 22.0 Å². The van der Waals surface area contributed by atoms with Crippen molar-refractivity contribution in [3.63, 3.8) is 0 Å². The molecule has 18 heavy (non-hydrogen) atoms. The largest absolute Gasteiger partial charge is 0.333 e. The molecule has 0 spiro atoms. The van der Waals surface area contributed by atoms with Crippen molar-refractivity contribution in [1.82, 2.24) is 10.1 Å². The number of hydrogen-bond acceptors (Lipinski definition) is 6. The van der Waals surface area contributed by atoms with Gasteiger partial charge in [-0.25, -0.2) is 0 Å². The predicted molar refractivity (Wildman–Crippen MR) is 71.4 cm³/mol. The summed E-state index contributed by atoms with van der Waals surface area (Å²) < 4.78 is 5.29. The Bertz CT molecular complexity index is 578. The lowest BCUT2D eigenvalue weighted by Gasteiger charge is -2.17. The lowest BCUT2D eigenvalue weighted by Crippen LogP contribution is -2.03. The molecule has 0 radical (unpaired) electrons. The third kappa shape index (κ3) is 2.16. The van der Waals surface area contributed by atoms with Crippen molar-refractivity contribution in [2.45, 2.75) is 24.5 Å². The van der Waals surface area contributed by atoms with Crippen LogP contribution in [0.15, 0.2) is 16.0 Å². The van der Waals surface area contributed by atoms with Crippen molar-refractivity contribution < 1.29 is 4.52 Å². The fraction of sp³-hybridized carbons (Fsp3) is 0.417. The van der Waals surface area contributed by atoms with Gasteiger partial charge in [0.15, 0.2) is 5.82 Å². The van der Waals surface area contributed by atoms with E-state index in [1.165, 1.54) is 24.2 Å². The van der Waals surface area contributed by atoms with Crippen LogP contribution in [0.4, 0.5) is 0 Å². The average molecular weight is 277 g/mol. The highest BCUT2D eigenvalue weighted by Crippen LogP contribution is 2.38. The number of nitriles is 1. The average Bonchev–Trinajstić information content (AvgIpc) is 3.08. The molecule has 1 unspecified atom stereocenters. The predicted octanol–water partition coefficient (Wildman–Crippen LogP) is 3.63. The molecule has 0 saturated carbocycles. The molecule has 6 heteroatoms.